The number of carbonyl (C=O) groups excluding carboxylic acids is 1. The summed E-state index contributed by atoms with van der Waals surface area (Å²) in [7, 11) is -3.76. The minimum Gasteiger partial charge on any atom is -0.357 e. The average molecular weight is 374 g/mol. The zero-order valence-electron chi connectivity index (χ0n) is 14.9. The summed E-state index contributed by atoms with van der Waals surface area (Å²) in [6.07, 6.45) is 2.27. The fourth-order valence-electron chi connectivity index (χ4n) is 2.92. The summed E-state index contributed by atoms with van der Waals surface area (Å²) in [6.45, 7) is 5.18. The number of nitrogens with zero attached hydrogens (tertiary/aromatic N) is 3. The van der Waals surface area contributed by atoms with E-state index in [2.05, 4.69) is 19.6 Å². The summed E-state index contributed by atoms with van der Waals surface area (Å²) in [5.74, 6) is 1.08. The van der Waals surface area contributed by atoms with Crippen molar-refractivity contribution in [3.8, 4) is 0 Å². The second-order valence-corrected chi connectivity index (χ2v) is 8.15. The highest BCUT2D eigenvalue weighted by atomic mass is 32.2. The van der Waals surface area contributed by atoms with E-state index in [-0.39, 0.29) is 17.2 Å². The highest BCUT2D eigenvalue weighted by Crippen LogP contribution is 2.19. The van der Waals surface area contributed by atoms with Crippen LogP contribution in [-0.4, -0.2) is 37.3 Å². The van der Waals surface area contributed by atoms with Crippen LogP contribution in [0.5, 0.6) is 0 Å². The number of carbonyl (C=O) groups is 1. The van der Waals surface area contributed by atoms with E-state index >= 15 is 0 Å². The first-order valence-corrected chi connectivity index (χ1v) is 10.0. The predicted octanol–water partition coefficient (Wildman–Crippen LogP) is 2.07. The number of hydrogen-bond acceptors (Lipinski definition) is 6. The molecule has 2 heterocycles. The molecule has 0 spiro atoms. The summed E-state index contributed by atoms with van der Waals surface area (Å²) in [5.41, 5.74) is 1.16. The number of nitrogens with one attached hydrogen (secondary N) is 1. The van der Waals surface area contributed by atoms with Crippen molar-refractivity contribution in [1.29, 1.82) is 0 Å². The minimum absolute atomic E-state index is 0.00481. The molecular weight excluding hydrogens is 352 g/mol. The molecular formula is C18H22N4O3S. The summed E-state index contributed by atoms with van der Waals surface area (Å²) in [5, 5.41) is 0. The Morgan fingerprint density at radius 1 is 1.19 bits per heavy atom. The number of rotatable bonds is 6. The van der Waals surface area contributed by atoms with Crippen LogP contribution in [-0.2, 0) is 16.6 Å². The molecule has 0 aliphatic carbocycles. The van der Waals surface area contributed by atoms with Gasteiger partial charge in [0, 0.05) is 30.4 Å². The van der Waals surface area contributed by atoms with E-state index < -0.39 is 10.0 Å². The van der Waals surface area contributed by atoms with Gasteiger partial charge in [0.1, 0.15) is 11.6 Å². The fourth-order valence-corrected chi connectivity index (χ4v) is 3.95. The number of ketones is 1. The second-order valence-electron chi connectivity index (χ2n) is 6.39. The molecule has 1 aliphatic heterocycles. The summed E-state index contributed by atoms with van der Waals surface area (Å²) in [4.78, 5) is 22.5. The third-order valence-electron chi connectivity index (χ3n) is 4.29. The Hall–Kier alpha value is -2.32. The van der Waals surface area contributed by atoms with Crippen LogP contribution in [0.3, 0.4) is 0 Å². The van der Waals surface area contributed by atoms with E-state index in [1.807, 2.05) is 13.0 Å². The maximum atomic E-state index is 12.5. The van der Waals surface area contributed by atoms with Gasteiger partial charge < -0.3 is 4.90 Å². The Kier molecular flexibility index (Phi) is 5.33. The molecule has 1 aromatic heterocycles. The zero-order chi connectivity index (χ0) is 18.7. The lowest BCUT2D eigenvalue weighted by atomic mass is 10.2. The molecule has 7 nitrogen and oxygen atoms in total. The SMILES string of the molecule is CC(=O)c1cccc(S(=O)(=O)NCc2nc(C)cc(N3CCCC3)n2)c1. The average Bonchev–Trinajstić information content (AvgIpc) is 3.14. The number of Topliss-reactive ketones (excluding diaryl/α,β-unsaturated/α-hetero) is 1. The Morgan fingerprint density at radius 2 is 1.92 bits per heavy atom. The molecule has 0 amide bonds. The normalized spacial score (nSPS) is 14.6. The fraction of sp³-hybridized carbons (Fsp3) is 0.389. The molecule has 1 N–H and O–H groups in total. The van der Waals surface area contributed by atoms with E-state index in [1.54, 1.807) is 12.1 Å². The third-order valence-corrected chi connectivity index (χ3v) is 5.69. The van der Waals surface area contributed by atoms with Crippen LogP contribution in [0, 0.1) is 6.92 Å². The Bertz CT molecular complexity index is 922. The van der Waals surface area contributed by atoms with Crippen molar-refractivity contribution in [3.63, 3.8) is 0 Å². The van der Waals surface area contributed by atoms with Crippen LogP contribution < -0.4 is 9.62 Å². The molecule has 1 aromatic carbocycles. The van der Waals surface area contributed by atoms with Crippen LogP contribution in [0.25, 0.3) is 0 Å². The van der Waals surface area contributed by atoms with E-state index in [4.69, 9.17) is 0 Å². The van der Waals surface area contributed by atoms with E-state index in [0.717, 1.165) is 37.4 Å². The van der Waals surface area contributed by atoms with Gasteiger partial charge in [-0.05, 0) is 38.8 Å². The van der Waals surface area contributed by atoms with Crippen LogP contribution in [0.2, 0.25) is 0 Å². The number of anilines is 1. The Morgan fingerprint density at radius 3 is 2.62 bits per heavy atom. The number of benzene rings is 1. The van der Waals surface area contributed by atoms with Gasteiger partial charge in [-0.25, -0.2) is 23.1 Å². The zero-order valence-corrected chi connectivity index (χ0v) is 15.7. The van der Waals surface area contributed by atoms with Crippen molar-refractivity contribution in [3.05, 3.63) is 47.4 Å². The van der Waals surface area contributed by atoms with Gasteiger partial charge in [-0.15, -0.1) is 0 Å². The number of aromatic nitrogens is 2. The van der Waals surface area contributed by atoms with Gasteiger partial charge in [0.05, 0.1) is 11.4 Å². The molecule has 0 radical (unpaired) electrons. The van der Waals surface area contributed by atoms with Crippen molar-refractivity contribution < 1.29 is 13.2 Å². The lowest BCUT2D eigenvalue weighted by Gasteiger charge is -2.17. The highest BCUT2D eigenvalue weighted by Gasteiger charge is 2.18. The number of aryl methyl sites for hydroxylation is 1. The first-order chi connectivity index (χ1) is 12.3. The molecule has 2 aromatic rings. The van der Waals surface area contributed by atoms with Crippen LogP contribution in [0.15, 0.2) is 35.2 Å². The van der Waals surface area contributed by atoms with Crippen molar-refractivity contribution in [2.75, 3.05) is 18.0 Å². The molecule has 8 heteroatoms. The molecule has 1 saturated heterocycles. The van der Waals surface area contributed by atoms with Crippen molar-refractivity contribution in [2.24, 2.45) is 0 Å². The summed E-state index contributed by atoms with van der Waals surface area (Å²) < 4.78 is 27.6. The van der Waals surface area contributed by atoms with E-state index in [0.29, 0.717) is 11.4 Å². The van der Waals surface area contributed by atoms with Gasteiger partial charge in [-0.1, -0.05) is 12.1 Å². The first kappa shape index (κ1) is 18.5. The predicted molar refractivity (Wildman–Crippen MR) is 98.7 cm³/mol. The standard InChI is InChI=1S/C18H22N4O3S/c1-13-10-18(22-8-3-4-9-22)21-17(20-13)12-19-26(24,25)16-7-5-6-15(11-16)14(2)23/h5-7,10-11,19H,3-4,8-9,12H2,1-2H3. The maximum Gasteiger partial charge on any atom is 0.240 e. The van der Waals surface area contributed by atoms with Gasteiger partial charge in [0.15, 0.2) is 5.78 Å². The topological polar surface area (TPSA) is 92.3 Å². The smallest absolute Gasteiger partial charge is 0.240 e. The third kappa shape index (κ3) is 4.25. The van der Waals surface area contributed by atoms with Gasteiger partial charge in [0.25, 0.3) is 0 Å². The van der Waals surface area contributed by atoms with Gasteiger partial charge in [-0.2, -0.15) is 0 Å². The van der Waals surface area contributed by atoms with E-state index in [1.165, 1.54) is 19.1 Å². The van der Waals surface area contributed by atoms with Crippen molar-refractivity contribution in [1.82, 2.24) is 14.7 Å². The largest absolute Gasteiger partial charge is 0.357 e. The molecule has 0 bridgehead atoms. The number of sulfonamides is 1. The molecule has 1 aliphatic rings. The summed E-state index contributed by atoms with van der Waals surface area (Å²) >= 11 is 0. The maximum absolute atomic E-state index is 12.5. The molecule has 26 heavy (non-hydrogen) atoms. The minimum atomic E-state index is -3.76. The molecule has 0 saturated carbocycles. The Balaban J connectivity index is 1.77. The monoisotopic (exact) mass is 374 g/mol. The van der Waals surface area contributed by atoms with Gasteiger partial charge >= 0.3 is 0 Å². The molecule has 0 unspecified atom stereocenters. The molecule has 0 atom stereocenters. The highest BCUT2D eigenvalue weighted by molar-refractivity contribution is 7.89. The Labute approximate surface area is 153 Å². The quantitative estimate of drug-likeness (QED) is 0.778. The number of hydrogen-bond donors (Lipinski definition) is 1. The molecule has 1 fully saturated rings. The van der Waals surface area contributed by atoms with Crippen LogP contribution in [0.1, 0.15) is 41.6 Å². The molecule has 3 rings (SSSR count). The van der Waals surface area contributed by atoms with Crippen molar-refractivity contribution >= 4 is 21.6 Å². The lowest BCUT2D eigenvalue weighted by molar-refractivity contribution is 0.101. The van der Waals surface area contributed by atoms with Gasteiger partial charge in [0.2, 0.25) is 10.0 Å². The van der Waals surface area contributed by atoms with Gasteiger partial charge in [-0.3, -0.25) is 4.79 Å². The first-order valence-electron chi connectivity index (χ1n) is 8.55. The van der Waals surface area contributed by atoms with Crippen LogP contribution in [0.4, 0.5) is 5.82 Å². The summed E-state index contributed by atoms with van der Waals surface area (Å²) in [6, 6.07) is 7.89. The lowest BCUT2D eigenvalue weighted by Crippen LogP contribution is -2.26. The van der Waals surface area contributed by atoms with Crippen molar-refractivity contribution in [2.45, 2.75) is 38.1 Å². The van der Waals surface area contributed by atoms with Crippen LogP contribution >= 0.6 is 0 Å². The van der Waals surface area contributed by atoms with E-state index in [9.17, 15) is 13.2 Å². The molecule has 138 valence electrons. The second kappa shape index (κ2) is 7.51.